The summed E-state index contributed by atoms with van der Waals surface area (Å²) in [5.74, 6) is -1.93. The van der Waals surface area contributed by atoms with Crippen molar-refractivity contribution in [3.63, 3.8) is 0 Å². The van der Waals surface area contributed by atoms with E-state index in [1.54, 1.807) is 23.7 Å². The number of hydrogen-bond donors (Lipinski definition) is 2. The number of amides is 2. The SMILES string of the molecule is CCn1cc(-c2ccnc3c(C(=O)Nc4sc(C(N)=O)c(C)c4C(=O)OC)cnn23)c(C)n1. The predicted molar refractivity (Wildman–Crippen MR) is 121 cm³/mol. The van der Waals surface area contributed by atoms with Crippen LogP contribution in [-0.2, 0) is 11.3 Å². The fourth-order valence-electron chi connectivity index (χ4n) is 3.54. The van der Waals surface area contributed by atoms with Gasteiger partial charge in [-0.1, -0.05) is 0 Å². The fourth-order valence-corrected chi connectivity index (χ4v) is 4.58. The molecule has 11 nitrogen and oxygen atoms in total. The van der Waals surface area contributed by atoms with E-state index in [2.05, 4.69) is 20.5 Å². The van der Waals surface area contributed by atoms with Crippen molar-refractivity contribution in [1.82, 2.24) is 24.4 Å². The summed E-state index contributed by atoms with van der Waals surface area (Å²) in [6.45, 7) is 6.18. The van der Waals surface area contributed by atoms with E-state index in [1.807, 2.05) is 24.7 Å². The molecular formula is C21H21N7O4S. The maximum atomic E-state index is 13.1. The van der Waals surface area contributed by atoms with Crippen LogP contribution in [-0.4, -0.2) is 49.3 Å². The third-order valence-electron chi connectivity index (χ3n) is 5.18. The largest absolute Gasteiger partial charge is 0.465 e. The Morgan fingerprint density at radius 1 is 1.27 bits per heavy atom. The molecule has 4 aromatic heterocycles. The molecule has 0 saturated carbocycles. The summed E-state index contributed by atoms with van der Waals surface area (Å²) in [6.07, 6.45) is 4.90. The molecule has 4 rings (SSSR count). The van der Waals surface area contributed by atoms with E-state index < -0.39 is 17.8 Å². The smallest absolute Gasteiger partial charge is 0.341 e. The monoisotopic (exact) mass is 467 g/mol. The van der Waals surface area contributed by atoms with Gasteiger partial charge in [0.1, 0.15) is 10.6 Å². The van der Waals surface area contributed by atoms with Gasteiger partial charge < -0.3 is 15.8 Å². The molecule has 0 aliphatic rings. The first-order valence-electron chi connectivity index (χ1n) is 9.96. The number of carbonyl (C=O) groups excluding carboxylic acids is 3. The molecule has 4 aromatic rings. The third kappa shape index (κ3) is 3.74. The Balaban J connectivity index is 1.75. The summed E-state index contributed by atoms with van der Waals surface area (Å²) in [5, 5.41) is 11.7. The molecule has 0 radical (unpaired) electrons. The number of rotatable bonds is 6. The minimum atomic E-state index is -0.701. The number of esters is 1. The van der Waals surface area contributed by atoms with Crippen LogP contribution in [0, 0.1) is 13.8 Å². The number of aryl methyl sites for hydroxylation is 2. The first-order valence-corrected chi connectivity index (χ1v) is 10.8. The Morgan fingerprint density at radius 3 is 2.67 bits per heavy atom. The average Bonchev–Trinajstić information content (AvgIpc) is 3.48. The zero-order valence-corrected chi connectivity index (χ0v) is 19.2. The van der Waals surface area contributed by atoms with Gasteiger partial charge in [0.2, 0.25) is 0 Å². The van der Waals surface area contributed by atoms with Crippen LogP contribution in [0.2, 0.25) is 0 Å². The molecule has 170 valence electrons. The summed E-state index contributed by atoms with van der Waals surface area (Å²) in [5.41, 5.74) is 8.78. The van der Waals surface area contributed by atoms with Gasteiger partial charge in [0.25, 0.3) is 11.8 Å². The van der Waals surface area contributed by atoms with Crippen LogP contribution >= 0.6 is 11.3 Å². The van der Waals surface area contributed by atoms with Crippen molar-refractivity contribution >= 4 is 39.8 Å². The van der Waals surface area contributed by atoms with Gasteiger partial charge >= 0.3 is 5.97 Å². The number of nitrogens with one attached hydrogen (secondary N) is 1. The van der Waals surface area contributed by atoms with Gasteiger partial charge in [-0.05, 0) is 32.4 Å². The van der Waals surface area contributed by atoms with Gasteiger partial charge in [-0.2, -0.15) is 10.2 Å². The normalized spacial score (nSPS) is 11.0. The lowest BCUT2D eigenvalue weighted by atomic mass is 10.1. The first-order chi connectivity index (χ1) is 15.8. The molecule has 4 heterocycles. The summed E-state index contributed by atoms with van der Waals surface area (Å²) in [4.78, 5) is 41.6. The second-order valence-electron chi connectivity index (χ2n) is 7.18. The van der Waals surface area contributed by atoms with Gasteiger partial charge in [-0.3, -0.25) is 14.3 Å². The van der Waals surface area contributed by atoms with E-state index >= 15 is 0 Å². The van der Waals surface area contributed by atoms with Crippen molar-refractivity contribution in [3.8, 4) is 11.3 Å². The van der Waals surface area contributed by atoms with E-state index in [0.717, 1.165) is 34.8 Å². The van der Waals surface area contributed by atoms with Gasteiger partial charge in [0.15, 0.2) is 5.65 Å². The maximum absolute atomic E-state index is 13.1. The molecule has 33 heavy (non-hydrogen) atoms. The Labute approximate surface area is 192 Å². The van der Waals surface area contributed by atoms with Gasteiger partial charge in [-0.25, -0.2) is 14.3 Å². The summed E-state index contributed by atoms with van der Waals surface area (Å²) >= 11 is 0.910. The quantitative estimate of drug-likeness (QED) is 0.414. The summed E-state index contributed by atoms with van der Waals surface area (Å²) < 4.78 is 8.19. The maximum Gasteiger partial charge on any atom is 0.341 e. The molecule has 0 spiro atoms. The van der Waals surface area contributed by atoms with E-state index in [0.29, 0.717) is 11.2 Å². The number of primary amides is 1. The number of nitrogens with zero attached hydrogens (tertiary/aromatic N) is 5. The van der Waals surface area contributed by atoms with Crippen molar-refractivity contribution in [3.05, 3.63) is 51.9 Å². The Hall–Kier alpha value is -4.06. The zero-order chi connectivity index (χ0) is 23.9. The number of anilines is 1. The highest BCUT2D eigenvalue weighted by Crippen LogP contribution is 2.34. The van der Waals surface area contributed by atoms with Crippen LogP contribution in [0.15, 0.2) is 24.7 Å². The topological polar surface area (TPSA) is 146 Å². The van der Waals surface area contributed by atoms with Crippen LogP contribution in [0.1, 0.15) is 48.6 Å². The van der Waals surface area contributed by atoms with E-state index in [1.165, 1.54) is 13.3 Å². The number of hydrogen-bond acceptors (Lipinski definition) is 8. The lowest BCUT2D eigenvalue weighted by Crippen LogP contribution is -2.14. The highest BCUT2D eigenvalue weighted by atomic mass is 32.1. The highest BCUT2D eigenvalue weighted by Gasteiger charge is 2.27. The Bertz CT molecular complexity index is 1420. The van der Waals surface area contributed by atoms with Crippen molar-refractivity contribution in [1.29, 1.82) is 0 Å². The first kappa shape index (κ1) is 22.1. The lowest BCUT2D eigenvalue weighted by molar-refractivity contribution is 0.0601. The number of thiophene rings is 1. The highest BCUT2D eigenvalue weighted by molar-refractivity contribution is 7.18. The number of aromatic nitrogens is 5. The number of carbonyl (C=O) groups is 3. The van der Waals surface area contributed by atoms with Crippen molar-refractivity contribution in [2.24, 2.45) is 5.73 Å². The molecule has 0 aromatic carbocycles. The fraction of sp³-hybridized carbons (Fsp3) is 0.238. The molecule has 0 bridgehead atoms. The number of ether oxygens (including phenoxy) is 1. The predicted octanol–water partition coefficient (Wildman–Crippen LogP) is 2.43. The molecular weight excluding hydrogens is 446 g/mol. The van der Waals surface area contributed by atoms with E-state index in [4.69, 9.17) is 10.5 Å². The van der Waals surface area contributed by atoms with Crippen LogP contribution in [0.25, 0.3) is 16.9 Å². The second kappa shape index (κ2) is 8.47. The minimum absolute atomic E-state index is 0.0809. The van der Waals surface area contributed by atoms with Crippen LogP contribution in [0.3, 0.4) is 0 Å². The van der Waals surface area contributed by atoms with Crippen LogP contribution in [0.5, 0.6) is 0 Å². The molecule has 0 unspecified atom stereocenters. The van der Waals surface area contributed by atoms with Gasteiger partial charge in [0, 0.05) is 24.5 Å². The third-order valence-corrected chi connectivity index (χ3v) is 6.40. The molecule has 0 aliphatic carbocycles. The van der Waals surface area contributed by atoms with Gasteiger partial charge in [-0.15, -0.1) is 11.3 Å². The van der Waals surface area contributed by atoms with Gasteiger partial charge in [0.05, 0.1) is 35.1 Å². The van der Waals surface area contributed by atoms with E-state index in [-0.39, 0.29) is 21.0 Å². The Kier molecular flexibility index (Phi) is 5.68. The van der Waals surface area contributed by atoms with Crippen LogP contribution in [0.4, 0.5) is 5.00 Å². The molecule has 0 saturated heterocycles. The molecule has 12 heteroatoms. The van der Waals surface area contributed by atoms with Crippen LogP contribution < -0.4 is 11.1 Å². The van der Waals surface area contributed by atoms with Crippen molar-refractivity contribution in [2.75, 3.05) is 12.4 Å². The molecule has 3 N–H and O–H groups in total. The summed E-state index contributed by atoms with van der Waals surface area (Å²) in [7, 11) is 1.22. The number of fused-ring (bicyclic) bond motifs is 1. The Morgan fingerprint density at radius 2 is 2.03 bits per heavy atom. The summed E-state index contributed by atoms with van der Waals surface area (Å²) in [6, 6.07) is 1.79. The molecule has 0 fully saturated rings. The minimum Gasteiger partial charge on any atom is -0.465 e. The number of methoxy groups -OCH3 is 1. The molecule has 0 aliphatic heterocycles. The standard InChI is InChI=1S/C21H21N7O4S/c1-5-27-9-13(11(3)26-27)14-6-7-23-18-12(8-24-28(14)18)19(30)25-20-15(21(31)32-4)10(2)16(33-20)17(22)29/h6-9H,5H2,1-4H3,(H2,22,29)(H,25,30). The molecule has 2 amide bonds. The second-order valence-corrected chi connectivity index (χ2v) is 8.20. The average molecular weight is 468 g/mol. The molecule has 0 atom stereocenters. The van der Waals surface area contributed by atoms with Crippen molar-refractivity contribution in [2.45, 2.75) is 27.3 Å². The zero-order valence-electron chi connectivity index (χ0n) is 18.4. The van der Waals surface area contributed by atoms with E-state index in [9.17, 15) is 14.4 Å². The number of nitrogens with two attached hydrogens (primary N) is 1. The van der Waals surface area contributed by atoms with Crippen molar-refractivity contribution < 1.29 is 19.1 Å². The lowest BCUT2D eigenvalue weighted by Gasteiger charge is -2.06.